The smallest absolute Gasteiger partial charge is 0.258 e. The normalized spacial score (nSPS) is 21.9. The molecule has 0 aromatic heterocycles. The fourth-order valence-corrected chi connectivity index (χ4v) is 6.64. The van der Waals surface area contributed by atoms with Gasteiger partial charge in [-0.15, -0.1) is 0 Å². The number of aliphatic hydroxyl groups is 1. The third kappa shape index (κ3) is 9.64. The van der Waals surface area contributed by atoms with Gasteiger partial charge in [0.2, 0.25) is 20.0 Å². The van der Waals surface area contributed by atoms with Crippen LogP contribution < -0.4 is 9.46 Å². The van der Waals surface area contributed by atoms with E-state index in [0.29, 0.717) is 18.8 Å². The molecule has 0 spiro atoms. The van der Waals surface area contributed by atoms with Crippen LogP contribution in [0.2, 0.25) is 0 Å². The highest BCUT2D eigenvalue weighted by atomic mass is 32.2. The van der Waals surface area contributed by atoms with E-state index in [2.05, 4.69) is 4.72 Å². The van der Waals surface area contributed by atoms with Crippen LogP contribution in [0.15, 0.2) is 47.4 Å². The van der Waals surface area contributed by atoms with E-state index in [1.807, 2.05) is 20.8 Å². The van der Waals surface area contributed by atoms with E-state index in [0.717, 1.165) is 24.7 Å². The molecule has 2 aromatic carbocycles. The van der Waals surface area contributed by atoms with Gasteiger partial charge in [0.05, 0.1) is 41.6 Å². The molecule has 3 rings (SSSR count). The monoisotopic (exact) mass is 639 g/mol. The Morgan fingerprint density at radius 2 is 1.77 bits per heavy atom. The first-order chi connectivity index (χ1) is 20.1. The average molecular weight is 640 g/mol. The molecule has 11 nitrogen and oxygen atoms in total. The van der Waals surface area contributed by atoms with Crippen molar-refractivity contribution < 1.29 is 36.2 Å². The fourth-order valence-electron chi connectivity index (χ4n) is 4.90. The summed E-state index contributed by atoms with van der Waals surface area (Å²) >= 11 is 0. The maximum Gasteiger partial charge on any atom is 0.258 e. The molecular weight excluding hydrogens is 594 g/mol. The number of sulfonamides is 2. The second kappa shape index (κ2) is 14.8. The van der Waals surface area contributed by atoms with Crippen LogP contribution in [0.5, 0.6) is 5.75 Å². The summed E-state index contributed by atoms with van der Waals surface area (Å²) in [6.07, 6.45) is 2.42. The second-order valence-corrected chi connectivity index (χ2v) is 15.3. The third-order valence-electron chi connectivity index (χ3n) is 7.52. The van der Waals surface area contributed by atoms with Crippen molar-refractivity contribution in [3.8, 4) is 5.75 Å². The Bertz CT molecular complexity index is 1450. The van der Waals surface area contributed by atoms with Gasteiger partial charge >= 0.3 is 0 Å². The van der Waals surface area contributed by atoms with E-state index >= 15 is 0 Å². The number of hydrogen-bond acceptors (Lipinski definition) is 8. The van der Waals surface area contributed by atoms with E-state index < -0.39 is 38.1 Å². The summed E-state index contributed by atoms with van der Waals surface area (Å²) in [5, 5.41) is 10.1. The number of fused-ring (bicyclic) bond motifs is 1. The van der Waals surface area contributed by atoms with Crippen LogP contribution >= 0.6 is 0 Å². The number of carbonyl (C=O) groups is 1. The number of hydrogen-bond donors (Lipinski definition) is 2. The lowest BCUT2D eigenvalue weighted by Gasteiger charge is -2.35. The maximum absolute atomic E-state index is 14.1. The second-order valence-electron chi connectivity index (χ2n) is 11.5. The molecule has 0 unspecified atom stereocenters. The molecule has 1 aliphatic rings. The van der Waals surface area contributed by atoms with E-state index in [4.69, 9.17) is 9.47 Å². The summed E-state index contributed by atoms with van der Waals surface area (Å²) in [6.45, 7) is 7.66. The number of nitrogens with zero attached hydrogens (tertiary/aromatic N) is 2. The van der Waals surface area contributed by atoms with E-state index in [1.165, 1.54) is 22.3 Å². The van der Waals surface area contributed by atoms with Crippen molar-refractivity contribution in [1.29, 1.82) is 0 Å². The summed E-state index contributed by atoms with van der Waals surface area (Å²) in [5.41, 5.74) is 1.32. The van der Waals surface area contributed by atoms with Crippen molar-refractivity contribution in [2.45, 2.75) is 70.1 Å². The van der Waals surface area contributed by atoms with Crippen LogP contribution in [0.25, 0.3) is 0 Å². The van der Waals surface area contributed by atoms with Crippen LogP contribution in [-0.2, 0) is 24.8 Å². The molecule has 240 valence electrons. The molecule has 0 saturated carbocycles. The first-order valence-electron chi connectivity index (χ1n) is 14.5. The van der Waals surface area contributed by atoms with Gasteiger partial charge in [0.15, 0.2) is 0 Å². The zero-order valence-electron chi connectivity index (χ0n) is 25.8. The Hall–Kier alpha value is -2.71. The Morgan fingerprint density at radius 1 is 1.09 bits per heavy atom. The van der Waals surface area contributed by atoms with Crippen LogP contribution in [0.1, 0.15) is 56.0 Å². The van der Waals surface area contributed by atoms with E-state index in [9.17, 15) is 26.7 Å². The Morgan fingerprint density at radius 3 is 2.40 bits per heavy atom. The average Bonchev–Trinajstić information content (AvgIpc) is 2.93. The highest BCUT2D eigenvalue weighted by molar-refractivity contribution is 7.92. The van der Waals surface area contributed by atoms with Gasteiger partial charge in [-0.1, -0.05) is 24.6 Å². The first-order valence-corrected chi connectivity index (χ1v) is 17.8. The van der Waals surface area contributed by atoms with Gasteiger partial charge in [-0.05, 0) is 70.4 Å². The molecular formula is C30H45N3O8S2. The highest BCUT2D eigenvalue weighted by Gasteiger charge is 2.32. The van der Waals surface area contributed by atoms with Crippen molar-refractivity contribution in [3.63, 3.8) is 0 Å². The van der Waals surface area contributed by atoms with Crippen LogP contribution in [-0.4, -0.2) is 94.9 Å². The van der Waals surface area contributed by atoms with Crippen LogP contribution in [0, 0.1) is 12.8 Å². The van der Waals surface area contributed by atoms with Crippen LogP contribution in [0.4, 0.5) is 5.69 Å². The lowest BCUT2D eigenvalue weighted by atomic mass is 10.0. The number of ether oxygens (including phenoxy) is 2. The molecule has 0 aliphatic carbocycles. The van der Waals surface area contributed by atoms with Crippen molar-refractivity contribution in [3.05, 3.63) is 53.6 Å². The van der Waals surface area contributed by atoms with Gasteiger partial charge in [0.1, 0.15) is 5.75 Å². The molecule has 0 saturated heterocycles. The Balaban J connectivity index is 1.98. The van der Waals surface area contributed by atoms with Crippen molar-refractivity contribution in [2.75, 3.05) is 44.3 Å². The van der Waals surface area contributed by atoms with E-state index in [1.54, 1.807) is 43.3 Å². The number of anilines is 1. The third-order valence-corrected chi connectivity index (χ3v) is 9.97. The largest absolute Gasteiger partial charge is 0.490 e. The van der Waals surface area contributed by atoms with Crippen molar-refractivity contribution in [2.24, 2.45) is 5.92 Å². The number of likely N-dealkylation sites (N-methyl/N-ethyl adjacent to an activating group) is 1. The summed E-state index contributed by atoms with van der Waals surface area (Å²) in [6, 6.07) is 10.6. The Labute approximate surface area is 256 Å². The van der Waals surface area contributed by atoms with Gasteiger partial charge in [0.25, 0.3) is 5.91 Å². The summed E-state index contributed by atoms with van der Waals surface area (Å²) in [7, 11) is -5.88. The number of benzene rings is 2. The number of rotatable bonds is 8. The molecule has 43 heavy (non-hydrogen) atoms. The predicted molar refractivity (Wildman–Crippen MR) is 166 cm³/mol. The maximum atomic E-state index is 14.1. The number of aryl methyl sites for hydroxylation is 1. The van der Waals surface area contributed by atoms with Crippen molar-refractivity contribution >= 4 is 31.6 Å². The first kappa shape index (κ1) is 34.8. The summed E-state index contributed by atoms with van der Waals surface area (Å²) in [4.78, 5) is 15.8. The molecule has 0 bridgehead atoms. The fraction of sp³-hybridized carbons (Fsp3) is 0.567. The number of carbonyl (C=O) groups excluding carboxylic acids is 1. The molecule has 1 heterocycles. The molecule has 2 aromatic rings. The Kier molecular flexibility index (Phi) is 12.0. The number of aliphatic hydroxyl groups excluding tert-OH is 1. The predicted octanol–water partition coefficient (Wildman–Crippen LogP) is 3.48. The van der Waals surface area contributed by atoms with Gasteiger partial charge in [-0.3, -0.25) is 9.52 Å². The van der Waals surface area contributed by atoms with Gasteiger partial charge in [0, 0.05) is 38.3 Å². The standard InChI is InChI=1S/C30H45N3O8S2/c1-21-10-13-26(14-11-21)43(38,39)32(5)19-29-22(2)18-33(23(3)20-34)30(35)27-17-25(31-42(6,36)37)12-15-28(27)41-24(4)9-7-8-16-40-29/h10-15,17,22-24,29,31,34H,7-9,16,18-20H2,1-6H3/t22-,23-,24-,29-/m1/s1. The number of amides is 1. The zero-order valence-corrected chi connectivity index (χ0v) is 27.4. The lowest BCUT2D eigenvalue weighted by Crippen LogP contribution is -2.48. The minimum absolute atomic E-state index is 0.0610. The molecule has 0 radical (unpaired) electrons. The molecule has 13 heteroatoms. The van der Waals surface area contributed by atoms with E-state index in [-0.39, 0.29) is 47.9 Å². The molecule has 4 atom stereocenters. The summed E-state index contributed by atoms with van der Waals surface area (Å²) in [5.74, 6) is -0.477. The zero-order chi connectivity index (χ0) is 31.9. The SMILES string of the molecule is Cc1ccc(S(=O)(=O)N(C)C[C@H]2OCCCC[C@@H](C)Oc3ccc(NS(C)(=O)=O)cc3C(=O)N([C@H](C)CO)C[C@H]2C)cc1. The highest BCUT2D eigenvalue weighted by Crippen LogP contribution is 2.29. The van der Waals surface area contributed by atoms with Gasteiger partial charge < -0.3 is 19.5 Å². The quantitative estimate of drug-likeness (QED) is 0.447. The van der Waals surface area contributed by atoms with Gasteiger partial charge in [-0.25, -0.2) is 16.8 Å². The lowest BCUT2D eigenvalue weighted by molar-refractivity contribution is -0.00833. The van der Waals surface area contributed by atoms with Crippen molar-refractivity contribution in [1.82, 2.24) is 9.21 Å². The number of nitrogens with one attached hydrogen (secondary N) is 1. The van der Waals surface area contributed by atoms with Gasteiger partial charge in [-0.2, -0.15) is 4.31 Å². The minimum atomic E-state index is -3.79. The van der Waals surface area contributed by atoms with Crippen LogP contribution in [0.3, 0.4) is 0 Å². The molecule has 1 amide bonds. The summed E-state index contributed by atoms with van der Waals surface area (Å²) < 4.78 is 66.7. The molecule has 0 fully saturated rings. The topological polar surface area (TPSA) is 143 Å². The molecule has 2 N–H and O–H groups in total. The minimum Gasteiger partial charge on any atom is -0.490 e. The molecule has 1 aliphatic heterocycles.